The lowest BCUT2D eigenvalue weighted by molar-refractivity contribution is -0.137. The first-order valence-electron chi connectivity index (χ1n) is 4.63. The third-order valence-corrected chi connectivity index (χ3v) is 2.00. The molecule has 0 atom stereocenters. The molecule has 0 amide bonds. The van der Waals surface area contributed by atoms with Crippen molar-refractivity contribution in [1.82, 2.24) is 4.90 Å². The first-order valence-corrected chi connectivity index (χ1v) is 4.63. The number of carbonyl (C=O) groups is 1. The smallest absolute Gasteiger partial charge is 0.304 e. The van der Waals surface area contributed by atoms with Crippen molar-refractivity contribution in [2.75, 3.05) is 13.6 Å². The van der Waals surface area contributed by atoms with Gasteiger partial charge in [-0.3, -0.25) is 4.79 Å². The molecule has 0 aliphatic rings. The summed E-state index contributed by atoms with van der Waals surface area (Å²) in [5, 5.41) is 8.50. The lowest BCUT2D eigenvalue weighted by Crippen LogP contribution is -2.21. The average Bonchev–Trinajstić information content (AvgIpc) is 2.16. The Kier molecular flexibility index (Phi) is 6.75. The van der Waals surface area contributed by atoms with E-state index in [1.54, 1.807) is 0 Å². The van der Waals surface area contributed by atoms with Crippen LogP contribution in [0.4, 0.5) is 0 Å². The zero-order chi connectivity index (χ0) is 10.4. The lowest BCUT2D eigenvalue weighted by Gasteiger charge is -2.14. The number of carboxylic acid groups (broad SMARTS) is 1. The van der Waals surface area contributed by atoms with Crippen LogP contribution in [0, 0.1) is 0 Å². The highest BCUT2D eigenvalue weighted by Crippen LogP contribution is 2.02. The normalized spacial score (nSPS) is 9.73. The molecule has 0 unspecified atom stereocenters. The van der Waals surface area contributed by atoms with Gasteiger partial charge < -0.3 is 10.0 Å². The van der Waals surface area contributed by atoms with Crippen LogP contribution in [0.2, 0.25) is 0 Å². The van der Waals surface area contributed by atoms with Crippen LogP contribution in [0.15, 0.2) is 30.3 Å². The molecule has 0 aliphatic heterocycles. The van der Waals surface area contributed by atoms with E-state index in [0.29, 0.717) is 6.54 Å². The topological polar surface area (TPSA) is 40.5 Å². The van der Waals surface area contributed by atoms with E-state index in [-0.39, 0.29) is 18.8 Å². The highest BCUT2D eigenvalue weighted by Gasteiger charge is 2.02. The van der Waals surface area contributed by atoms with E-state index in [4.69, 9.17) is 5.11 Å². The number of carboxylic acids is 1. The summed E-state index contributed by atoms with van der Waals surface area (Å²) >= 11 is 0. The number of nitrogens with zero attached hydrogens (tertiary/aromatic N) is 1. The van der Waals surface area contributed by atoms with Gasteiger partial charge in [0, 0.05) is 13.1 Å². The van der Waals surface area contributed by atoms with Gasteiger partial charge in [-0.25, -0.2) is 0 Å². The van der Waals surface area contributed by atoms with Crippen molar-refractivity contribution in [1.29, 1.82) is 0 Å². The summed E-state index contributed by atoms with van der Waals surface area (Å²) in [5.74, 6) is -0.745. The molecule has 0 radical (unpaired) electrons. The Morgan fingerprint density at radius 1 is 1.33 bits per heavy atom. The fraction of sp³-hybridized carbons (Fsp3) is 0.364. The molecule has 0 saturated heterocycles. The first kappa shape index (κ1) is 13.9. The fourth-order valence-electron chi connectivity index (χ4n) is 1.26. The third-order valence-electron chi connectivity index (χ3n) is 2.00. The Morgan fingerprint density at radius 2 is 1.93 bits per heavy atom. The molecule has 0 bridgehead atoms. The van der Waals surface area contributed by atoms with Gasteiger partial charge in [0.1, 0.15) is 0 Å². The molecule has 1 aromatic rings. The summed E-state index contributed by atoms with van der Waals surface area (Å²) < 4.78 is 0. The Hall–Kier alpha value is -1.06. The summed E-state index contributed by atoms with van der Waals surface area (Å²) in [6.45, 7) is 1.39. The quantitative estimate of drug-likeness (QED) is 0.840. The van der Waals surface area contributed by atoms with Gasteiger partial charge in [0.2, 0.25) is 0 Å². The molecule has 0 spiro atoms. The molecule has 3 nitrogen and oxygen atoms in total. The van der Waals surface area contributed by atoms with Crippen molar-refractivity contribution in [3.63, 3.8) is 0 Å². The molecule has 15 heavy (non-hydrogen) atoms. The maximum atomic E-state index is 10.3. The molecular formula is C11H16ClNO2. The predicted molar refractivity (Wildman–Crippen MR) is 62.3 cm³/mol. The van der Waals surface area contributed by atoms with E-state index in [2.05, 4.69) is 0 Å². The van der Waals surface area contributed by atoms with E-state index in [9.17, 15) is 4.79 Å². The molecule has 84 valence electrons. The molecule has 0 saturated carbocycles. The van der Waals surface area contributed by atoms with Crippen molar-refractivity contribution in [2.24, 2.45) is 0 Å². The summed E-state index contributed by atoms with van der Waals surface area (Å²) in [5.41, 5.74) is 1.21. The Labute approximate surface area is 96.1 Å². The SMILES string of the molecule is CN(CCC(=O)O)Cc1ccccc1.Cl. The van der Waals surface area contributed by atoms with E-state index in [1.807, 2.05) is 42.3 Å². The van der Waals surface area contributed by atoms with Crippen LogP contribution < -0.4 is 0 Å². The molecule has 1 aromatic carbocycles. The standard InChI is InChI=1S/C11H15NO2.ClH/c1-12(8-7-11(13)14)9-10-5-3-2-4-6-10;/h2-6H,7-9H2,1H3,(H,13,14);1H. The van der Waals surface area contributed by atoms with Gasteiger partial charge in [-0.05, 0) is 12.6 Å². The van der Waals surface area contributed by atoms with Crippen molar-refractivity contribution in [2.45, 2.75) is 13.0 Å². The zero-order valence-corrected chi connectivity index (χ0v) is 9.54. The van der Waals surface area contributed by atoms with Gasteiger partial charge >= 0.3 is 5.97 Å². The minimum absolute atomic E-state index is 0. The third kappa shape index (κ3) is 6.10. The number of benzene rings is 1. The zero-order valence-electron chi connectivity index (χ0n) is 8.72. The molecule has 0 fully saturated rings. The fourth-order valence-corrected chi connectivity index (χ4v) is 1.26. The van der Waals surface area contributed by atoms with E-state index in [1.165, 1.54) is 5.56 Å². The first-order chi connectivity index (χ1) is 6.68. The number of rotatable bonds is 5. The second kappa shape index (κ2) is 7.26. The van der Waals surface area contributed by atoms with Crippen molar-refractivity contribution in [3.8, 4) is 0 Å². The van der Waals surface area contributed by atoms with E-state index in [0.717, 1.165) is 6.54 Å². The second-order valence-corrected chi connectivity index (χ2v) is 3.37. The van der Waals surface area contributed by atoms with Crippen LogP contribution >= 0.6 is 12.4 Å². The van der Waals surface area contributed by atoms with Crippen LogP contribution in [0.5, 0.6) is 0 Å². The van der Waals surface area contributed by atoms with E-state index >= 15 is 0 Å². The highest BCUT2D eigenvalue weighted by molar-refractivity contribution is 5.85. The van der Waals surface area contributed by atoms with Crippen molar-refractivity contribution < 1.29 is 9.90 Å². The summed E-state index contributed by atoms with van der Waals surface area (Å²) in [6.07, 6.45) is 0.198. The summed E-state index contributed by atoms with van der Waals surface area (Å²) in [4.78, 5) is 12.3. The van der Waals surface area contributed by atoms with Crippen LogP contribution in [0.3, 0.4) is 0 Å². The van der Waals surface area contributed by atoms with Crippen LogP contribution in [-0.4, -0.2) is 29.6 Å². The molecule has 4 heteroatoms. The second-order valence-electron chi connectivity index (χ2n) is 3.37. The molecule has 0 aromatic heterocycles. The van der Waals surface area contributed by atoms with Crippen LogP contribution in [0.25, 0.3) is 0 Å². The minimum Gasteiger partial charge on any atom is -0.481 e. The number of hydrogen-bond acceptors (Lipinski definition) is 2. The number of halogens is 1. The number of aliphatic carboxylic acids is 1. The highest BCUT2D eigenvalue weighted by atomic mass is 35.5. The van der Waals surface area contributed by atoms with E-state index < -0.39 is 5.97 Å². The molecule has 1 rings (SSSR count). The van der Waals surface area contributed by atoms with Gasteiger partial charge in [0.15, 0.2) is 0 Å². The Bertz CT molecular complexity index is 290. The van der Waals surface area contributed by atoms with Crippen LogP contribution in [-0.2, 0) is 11.3 Å². The molecule has 0 aliphatic carbocycles. The monoisotopic (exact) mass is 229 g/mol. The maximum absolute atomic E-state index is 10.3. The maximum Gasteiger partial charge on any atom is 0.304 e. The average molecular weight is 230 g/mol. The number of hydrogen-bond donors (Lipinski definition) is 1. The van der Waals surface area contributed by atoms with Crippen molar-refractivity contribution >= 4 is 18.4 Å². The predicted octanol–water partition coefficient (Wildman–Crippen LogP) is 2.01. The molecular weight excluding hydrogens is 214 g/mol. The van der Waals surface area contributed by atoms with Crippen molar-refractivity contribution in [3.05, 3.63) is 35.9 Å². The lowest BCUT2D eigenvalue weighted by atomic mass is 10.2. The van der Waals surface area contributed by atoms with Gasteiger partial charge in [0.25, 0.3) is 0 Å². The Morgan fingerprint density at radius 3 is 2.47 bits per heavy atom. The minimum atomic E-state index is -0.745. The molecule has 0 heterocycles. The summed E-state index contributed by atoms with van der Waals surface area (Å²) in [6, 6.07) is 10.0. The summed E-state index contributed by atoms with van der Waals surface area (Å²) in [7, 11) is 1.93. The van der Waals surface area contributed by atoms with Gasteiger partial charge in [0.05, 0.1) is 6.42 Å². The Balaban J connectivity index is 0.00000196. The van der Waals surface area contributed by atoms with Gasteiger partial charge in [-0.15, -0.1) is 12.4 Å². The largest absolute Gasteiger partial charge is 0.481 e. The molecule has 1 N–H and O–H groups in total. The van der Waals surface area contributed by atoms with Gasteiger partial charge in [-0.1, -0.05) is 30.3 Å². The van der Waals surface area contributed by atoms with Crippen LogP contribution in [0.1, 0.15) is 12.0 Å². The van der Waals surface area contributed by atoms with Gasteiger partial charge in [-0.2, -0.15) is 0 Å².